The van der Waals surface area contributed by atoms with Crippen molar-refractivity contribution in [1.29, 1.82) is 0 Å². The van der Waals surface area contributed by atoms with Gasteiger partial charge in [0.25, 0.3) is 0 Å². The highest BCUT2D eigenvalue weighted by molar-refractivity contribution is 14.1. The zero-order valence-corrected chi connectivity index (χ0v) is 6.69. The van der Waals surface area contributed by atoms with E-state index in [1.165, 1.54) is 0 Å². The number of H-pyrrole nitrogens is 1. The summed E-state index contributed by atoms with van der Waals surface area (Å²) in [6, 6.07) is 0. The van der Waals surface area contributed by atoms with Gasteiger partial charge in [-0.3, -0.25) is 0 Å². The van der Waals surface area contributed by atoms with E-state index in [1.54, 1.807) is 22.6 Å². The van der Waals surface area contributed by atoms with Crippen molar-refractivity contribution in [3.05, 3.63) is 15.7 Å². The SMILES string of the molecule is FC(F)(F)c1ncc(I)[nH]1. The second-order valence-electron chi connectivity index (χ2n) is 1.58. The van der Waals surface area contributed by atoms with E-state index in [-0.39, 0.29) is 0 Å². The number of nitrogens with one attached hydrogen (secondary N) is 1. The van der Waals surface area contributed by atoms with Crippen LogP contribution in [-0.4, -0.2) is 9.97 Å². The molecule has 1 N–H and O–H groups in total. The maximum absolute atomic E-state index is 11.7. The average molecular weight is 262 g/mol. The van der Waals surface area contributed by atoms with Crippen LogP contribution in [0.2, 0.25) is 0 Å². The van der Waals surface area contributed by atoms with Gasteiger partial charge in [0, 0.05) is 0 Å². The third-order valence-electron chi connectivity index (χ3n) is 0.813. The van der Waals surface area contributed by atoms with Crippen LogP contribution >= 0.6 is 22.6 Å². The Balaban J connectivity index is 2.96. The first-order valence-electron chi connectivity index (χ1n) is 2.28. The number of nitrogens with zero attached hydrogens (tertiary/aromatic N) is 1. The molecule has 1 aromatic heterocycles. The van der Waals surface area contributed by atoms with Crippen molar-refractivity contribution >= 4 is 22.6 Å². The van der Waals surface area contributed by atoms with E-state index >= 15 is 0 Å². The molecule has 2 nitrogen and oxygen atoms in total. The lowest BCUT2D eigenvalue weighted by atomic mass is 10.6. The lowest BCUT2D eigenvalue weighted by molar-refractivity contribution is -0.144. The summed E-state index contributed by atoms with van der Waals surface area (Å²) in [4.78, 5) is 5.17. The van der Waals surface area contributed by atoms with Gasteiger partial charge >= 0.3 is 6.18 Å². The maximum Gasteiger partial charge on any atom is 0.449 e. The molecule has 0 amide bonds. The van der Waals surface area contributed by atoms with Crippen LogP contribution in [0.4, 0.5) is 13.2 Å². The number of halogens is 4. The summed E-state index contributed by atoms with van der Waals surface area (Å²) < 4.78 is 35.5. The predicted octanol–water partition coefficient (Wildman–Crippen LogP) is 2.03. The molecule has 1 heterocycles. The molecule has 0 unspecified atom stereocenters. The van der Waals surface area contributed by atoms with E-state index < -0.39 is 12.0 Å². The highest BCUT2D eigenvalue weighted by atomic mass is 127. The zero-order chi connectivity index (χ0) is 7.78. The van der Waals surface area contributed by atoms with Gasteiger partial charge in [-0.05, 0) is 22.6 Å². The number of alkyl halides is 3. The number of imidazole rings is 1. The van der Waals surface area contributed by atoms with Gasteiger partial charge in [0.05, 0.1) is 9.90 Å². The molecule has 0 radical (unpaired) electrons. The Hall–Kier alpha value is -0.270. The van der Waals surface area contributed by atoms with Crippen LogP contribution in [0.5, 0.6) is 0 Å². The molecule has 1 aromatic rings. The van der Waals surface area contributed by atoms with Crippen molar-refractivity contribution < 1.29 is 13.2 Å². The quantitative estimate of drug-likeness (QED) is 0.712. The molecule has 0 saturated heterocycles. The highest BCUT2D eigenvalue weighted by Crippen LogP contribution is 2.26. The first-order valence-corrected chi connectivity index (χ1v) is 3.36. The van der Waals surface area contributed by atoms with Gasteiger partial charge in [0.2, 0.25) is 5.82 Å². The van der Waals surface area contributed by atoms with Gasteiger partial charge in [-0.1, -0.05) is 0 Å². The number of hydrogen-bond donors (Lipinski definition) is 1. The lowest BCUT2D eigenvalue weighted by Gasteiger charge is -1.98. The third kappa shape index (κ3) is 1.61. The summed E-state index contributed by atoms with van der Waals surface area (Å²) >= 11 is 1.72. The van der Waals surface area contributed by atoms with E-state index in [1.807, 2.05) is 0 Å². The number of hydrogen-bond acceptors (Lipinski definition) is 1. The normalized spacial score (nSPS) is 12.0. The van der Waals surface area contributed by atoms with Gasteiger partial charge < -0.3 is 4.98 Å². The summed E-state index contributed by atoms with van der Waals surface area (Å²) in [5.41, 5.74) is 0. The van der Waals surface area contributed by atoms with Crippen molar-refractivity contribution in [1.82, 2.24) is 9.97 Å². The van der Waals surface area contributed by atoms with Crippen molar-refractivity contribution in [2.45, 2.75) is 6.18 Å². The topological polar surface area (TPSA) is 28.7 Å². The molecular formula is C4H2F3IN2. The van der Waals surface area contributed by atoms with Crippen LogP contribution < -0.4 is 0 Å². The fourth-order valence-electron chi connectivity index (χ4n) is 0.443. The fraction of sp³-hybridized carbons (Fsp3) is 0.250. The van der Waals surface area contributed by atoms with Gasteiger partial charge in [0.15, 0.2) is 0 Å². The molecule has 0 aliphatic rings. The van der Waals surface area contributed by atoms with Crippen molar-refractivity contribution in [2.24, 2.45) is 0 Å². The summed E-state index contributed by atoms with van der Waals surface area (Å²) in [6.45, 7) is 0. The molecule has 0 aliphatic heterocycles. The summed E-state index contributed by atoms with van der Waals surface area (Å²) in [7, 11) is 0. The van der Waals surface area contributed by atoms with Crippen LogP contribution in [0, 0.1) is 3.70 Å². The van der Waals surface area contributed by atoms with Crippen LogP contribution in [0.25, 0.3) is 0 Å². The minimum absolute atomic E-state index is 0.380. The standard InChI is InChI=1S/C4H2F3IN2/c5-4(6,7)3-9-1-2(8)10-3/h1H,(H,9,10). The minimum atomic E-state index is -4.36. The summed E-state index contributed by atoms with van der Waals surface area (Å²) in [5, 5.41) is 0. The number of rotatable bonds is 0. The minimum Gasteiger partial charge on any atom is -0.330 e. The molecule has 56 valence electrons. The van der Waals surface area contributed by atoms with Gasteiger partial charge in [-0.25, -0.2) is 4.98 Å². The highest BCUT2D eigenvalue weighted by Gasteiger charge is 2.34. The largest absolute Gasteiger partial charge is 0.449 e. The van der Waals surface area contributed by atoms with Crippen molar-refractivity contribution in [2.75, 3.05) is 0 Å². The molecular weight excluding hydrogens is 260 g/mol. The van der Waals surface area contributed by atoms with Crippen LogP contribution in [0.1, 0.15) is 5.82 Å². The second kappa shape index (κ2) is 2.40. The molecule has 1 rings (SSSR count). The zero-order valence-electron chi connectivity index (χ0n) is 4.54. The van der Waals surface area contributed by atoms with Gasteiger partial charge in [-0.2, -0.15) is 13.2 Å². The molecule has 0 spiro atoms. The molecule has 10 heavy (non-hydrogen) atoms. The Bertz CT molecular complexity index is 229. The van der Waals surface area contributed by atoms with E-state index in [2.05, 4.69) is 9.97 Å². The molecule has 0 aromatic carbocycles. The predicted molar refractivity (Wildman–Crippen MR) is 36.3 cm³/mol. The summed E-state index contributed by atoms with van der Waals surface area (Å²) in [6.07, 6.45) is -3.23. The van der Waals surface area contributed by atoms with Gasteiger partial charge in [-0.15, -0.1) is 0 Å². The average Bonchev–Trinajstić information content (AvgIpc) is 2.11. The smallest absolute Gasteiger partial charge is 0.330 e. The Morgan fingerprint density at radius 1 is 1.50 bits per heavy atom. The number of aromatic amines is 1. The monoisotopic (exact) mass is 262 g/mol. The second-order valence-corrected chi connectivity index (χ2v) is 2.74. The Labute approximate surface area is 68.0 Å². The van der Waals surface area contributed by atoms with Crippen LogP contribution in [0.3, 0.4) is 0 Å². The van der Waals surface area contributed by atoms with E-state index in [0.29, 0.717) is 3.70 Å². The Kier molecular flexibility index (Phi) is 1.88. The third-order valence-corrected chi connectivity index (χ3v) is 1.36. The van der Waals surface area contributed by atoms with Crippen LogP contribution in [-0.2, 0) is 6.18 Å². The Morgan fingerprint density at radius 2 is 2.10 bits per heavy atom. The van der Waals surface area contributed by atoms with E-state index in [9.17, 15) is 13.2 Å². The summed E-state index contributed by atoms with van der Waals surface area (Å²) in [5.74, 6) is -0.947. The van der Waals surface area contributed by atoms with Crippen molar-refractivity contribution in [3.8, 4) is 0 Å². The molecule has 0 bridgehead atoms. The fourth-order valence-corrected chi connectivity index (χ4v) is 0.838. The van der Waals surface area contributed by atoms with Crippen LogP contribution in [0.15, 0.2) is 6.20 Å². The number of aromatic nitrogens is 2. The lowest BCUT2D eigenvalue weighted by Crippen LogP contribution is -2.06. The Morgan fingerprint density at radius 3 is 2.30 bits per heavy atom. The van der Waals surface area contributed by atoms with E-state index in [4.69, 9.17) is 0 Å². The van der Waals surface area contributed by atoms with Gasteiger partial charge in [0.1, 0.15) is 0 Å². The molecule has 0 aliphatic carbocycles. The molecule has 0 saturated carbocycles. The molecule has 0 fully saturated rings. The van der Waals surface area contributed by atoms with E-state index in [0.717, 1.165) is 6.20 Å². The van der Waals surface area contributed by atoms with Crippen molar-refractivity contribution in [3.63, 3.8) is 0 Å². The molecule has 6 heteroatoms. The first kappa shape index (κ1) is 7.83. The first-order chi connectivity index (χ1) is 4.50. The maximum atomic E-state index is 11.7. The molecule has 0 atom stereocenters.